The van der Waals surface area contributed by atoms with Crippen LogP contribution in [0.4, 0.5) is 5.69 Å². The quantitative estimate of drug-likeness (QED) is 0.782. The van der Waals surface area contributed by atoms with Crippen LogP contribution in [0, 0.1) is 0 Å². The fourth-order valence-corrected chi connectivity index (χ4v) is 3.03. The van der Waals surface area contributed by atoms with Crippen LogP contribution in [0.3, 0.4) is 0 Å². The van der Waals surface area contributed by atoms with Crippen molar-refractivity contribution in [2.24, 2.45) is 0 Å². The summed E-state index contributed by atoms with van der Waals surface area (Å²) in [6.45, 7) is 6.37. The molecule has 1 amide bonds. The van der Waals surface area contributed by atoms with E-state index in [4.69, 9.17) is 0 Å². The number of thioether (sulfide) groups is 2. The maximum atomic E-state index is 12.1. The highest BCUT2D eigenvalue weighted by molar-refractivity contribution is 7.99. The molecule has 0 saturated heterocycles. The fraction of sp³-hybridized carbons (Fsp3) is 0.500. The molecule has 0 aliphatic rings. The molecule has 0 radical (unpaired) electrons. The van der Waals surface area contributed by atoms with Crippen molar-refractivity contribution in [3.05, 3.63) is 18.2 Å². The lowest BCUT2D eigenvalue weighted by molar-refractivity contribution is -0.117. The Morgan fingerprint density at radius 1 is 1.16 bits per heavy atom. The van der Waals surface area contributed by atoms with Crippen LogP contribution in [0.5, 0.6) is 0 Å². The minimum atomic E-state index is 0.0560. The van der Waals surface area contributed by atoms with Gasteiger partial charge in [-0.3, -0.25) is 9.69 Å². The fourth-order valence-electron chi connectivity index (χ4n) is 1.80. The standard InChI is InChI=1S/C14H22N2OS2/c1-5-16(6-2)10-13(17)15-14-11(18-3)8-7-9-12(14)19-4/h7-9H,5-6,10H2,1-4H3,(H,15,17). The van der Waals surface area contributed by atoms with Crippen molar-refractivity contribution in [3.63, 3.8) is 0 Å². The van der Waals surface area contributed by atoms with Crippen LogP contribution in [0.1, 0.15) is 13.8 Å². The number of rotatable bonds is 7. The summed E-state index contributed by atoms with van der Waals surface area (Å²) in [4.78, 5) is 16.4. The molecule has 1 rings (SSSR count). The van der Waals surface area contributed by atoms with Gasteiger partial charge < -0.3 is 5.32 Å². The van der Waals surface area contributed by atoms with Crippen LogP contribution in [-0.4, -0.2) is 43.0 Å². The SMILES string of the molecule is CCN(CC)CC(=O)Nc1c(SC)cccc1SC. The molecular formula is C14H22N2OS2. The van der Waals surface area contributed by atoms with Crippen LogP contribution in [0.25, 0.3) is 0 Å². The van der Waals surface area contributed by atoms with Gasteiger partial charge >= 0.3 is 0 Å². The molecule has 0 atom stereocenters. The summed E-state index contributed by atoms with van der Waals surface area (Å²) in [6, 6.07) is 6.10. The topological polar surface area (TPSA) is 32.3 Å². The number of hydrogen-bond donors (Lipinski definition) is 1. The Morgan fingerprint density at radius 2 is 1.68 bits per heavy atom. The molecule has 1 N–H and O–H groups in total. The molecule has 0 saturated carbocycles. The van der Waals surface area contributed by atoms with Crippen LogP contribution < -0.4 is 5.32 Å². The lowest BCUT2D eigenvalue weighted by Gasteiger charge is -2.19. The third-order valence-electron chi connectivity index (χ3n) is 2.95. The average molecular weight is 298 g/mol. The van der Waals surface area contributed by atoms with E-state index in [0.717, 1.165) is 28.6 Å². The molecule has 1 aromatic rings. The first kappa shape index (κ1) is 16.4. The minimum Gasteiger partial charge on any atom is -0.323 e. The normalized spacial score (nSPS) is 10.8. The number of hydrogen-bond acceptors (Lipinski definition) is 4. The van der Waals surface area contributed by atoms with E-state index in [-0.39, 0.29) is 5.91 Å². The monoisotopic (exact) mass is 298 g/mol. The van der Waals surface area contributed by atoms with E-state index < -0.39 is 0 Å². The predicted octanol–water partition coefficient (Wildman–Crippen LogP) is 3.41. The second-order valence-corrected chi connectivity index (χ2v) is 5.74. The van der Waals surface area contributed by atoms with Gasteiger partial charge in [-0.1, -0.05) is 19.9 Å². The Bertz CT molecular complexity index is 398. The second kappa shape index (κ2) is 8.51. The summed E-state index contributed by atoms with van der Waals surface area (Å²) in [6.07, 6.45) is 4.05. The van der Waals surface area contributed by atoms with Gasteiger partial charge in [-0.25, -0.2) is 0 Å². The van der Waals surface area contributed by atoms with Crippen molar-refractivity contribution in [3.8, 4) is 0 Å². The second-order valence-electron chi connectivity index (χ2n) is 4.05. The third-order valence-corrected chi connectivity index (χ3v) is 4.51. The summed E-state index contributed by atoms with van der Waals surface area (Å²) in [5.41, 5.74) is 0.944. The molecule has 0 spiro atoms. The van der Waals surface area contributed by atoms with Gasteiger partial charge in [-0.15, -0.1) is 23.5 Å². The van der Waals surface area contributed by atoms with E-state index in [2.05, 4.69) is 24.1 Å². The van der Waals surface area contributed by atoms with Crippen molar-refractivity contribution in [2.45, 2.75) is 23.6 Å². The zero-order chi connectivity index (χ0) is 14.3. The number of anilines is 1. The lowest BCUT2D eigenvalue weighted by atomic mass is 10.3. The number of nitrogens with zero attached hydrogens (tertiary/aromatic N) is 1. The molecule has 0 aliphatic carbocycles. The molecule has 19 heavy (non-hydrogen) atoms. The predicted molar refractivity (Wildman–Crippen MR) is 86.4 cm³/mol. The average Bonchev–Trinajstić information content (AvgIpc) is 2.44. The van der Waals surface area contributed by atoms with E-state index in [9.17, 15) is 4.79 Å². The van der Waals surface area contributed by atoms with Gasteiger partial charge in [0.25, 0.3) is 0 Å². The van der Waals surface area contributed by atoms with Gasteiger partial charge in [0.15, 0.2) is 0 Å². The Labute approximate surface area is 124 Å². The van der Waals surface area contributed by atoms with Crippen LogP contribution >= 0.6 is 23.5 Å². The van der Waals surface area contributed by atoms with Crippen LogP contribution in [-0.2, 0) is 4.79 Å². The first-order valence-electron chi connectivity index (χ1n) is 6.39. The maximum absolute atomic E-state index is 12.1. The molecular weight excluding hydrogens is 276 g/mol. The summed E-state index contributed by atoms with van der Waals surface area (Å²) < 4.78 is 0. The maximum Gasteiger partial charge on any atom is 0.238 e. The van der Waals surface area contributed by atoms with Gasteiger partial charge in [0.2, 0.25) is 5.91 Å². The first-order valence-corrected chi connectivity index (χ1v) is 8.84. The Morgan fingerprint density at radius 3 is 2.11 bits per heavy atom. The number of likely N-dealkylation sites (N-methyl/N-ethyl adjacent to an activating group) is 1. The number of para-hydroxylation sites is 1. The molecule has 1 aromatic carbocycles. The van der Waals surface area contributed by atoms with E-state index >= 15 is 0 Å². The Hall–Kier alpha value is -0.650. The largest absolute Gasteiger partial charge is 0.323 e. The summed E-state index contributed by atoms with van der Waals surface area (Å²) in [5.74, 6) is 0.0560. The highest BCUT2D eigenvalue weighted by Gasteiger charge is 2.12. The molecule has 0 heterocycles. The highest BCUT2D eigenvalue weighted by Crippen LogP contribution is 2.33. The zero-order valence-electron chi connectivity index (χ0n) is 12.0. The molecule has 5 heteroatoms. The summed E-state index contributed by atoms with van der Waals surface area (Å²) >= 11 is 3.31. The number of carbonyl (C=O) groups excluding carboxylic acids is 1. The molecule has 0 unspecified atom stereocenters. The Balaban J connectivity index is 2.83. The highest BCUT2D eigenvalue weighted by atomic mass is 32.2. The number of amides is 1. The van der Waals surface area contributed by atoms with Gasteiger partial charge in [0.1, 0.15) is 0 Å². The molecule has 0 fully saturated rings. The van der Waals surface area contributed by atoms with Crippen molar-refractivity contribution < 1.29 is 4.79 Å². The third kappa shape index (κ3) is 4.75. The smallest absolute Gasteiger partial charge is 0.238 e. The lowest BCUT2D eigenvalue weighted by Crippen LogP contribution is -2.33. The van der Waals surface area contributed by atoms with E-state index in [0.29, 0.717) is 6.54 Å². The molecule has 0 bridgehead atoms. The minimum absolute atomic E-state index is 0.0560. The van der Waals surface area contributed by atoms with Gasteiger partial charge in [0, 0.05) is 9.79 Å². The number of benzene rings is 1. The van der Waals surface area contributed by atoms with E-state index in [1.165, 1.54) is 0 Å². The number of nitrogens with one attached hydrogen (secondary N) is 1. The van der Waals surface area contributed by atoms with Gasteiger partial charge in [-0.2, -0.15) is 0 Å². The zero-order valence-corrected chi connectivity index (χ0v) is 13.7. The molecule has 106 valence electrons. The van der Waals surface area contributed by atoms with Crippen molar-refractivity contribution >= 4 is 35.1 Å². The van der Waals surface area contributed by atoms with Crippen LogP contribution in [0.2, 0.25) is 0 Å². The van der Waals surface area contributed by atoms with Gasteiger partial charge in [0.05, 0.1) is 12.2 Å². The van der Waals surface area contributed by atoms with Crippen molar-refractivity contribution in [1.29, 1.82) is 0 Å². The van der Waals surface area contributed by atoms with E-state index in [1.54, 1.807) is 23.5 Å². The molecule has 0 aromatic heterocycles. The van der Waals surface area contributed by atoms with Crippen molar-refractivity contribution in [1.82, 2.24) is 4.90 Å². The Kier molecular flexibility index (Phi) is 7.34. The van der Waals surface area contributed by atoms with Gasteiger partial charge in [-0.05, 0) is 37.7 Å². The summed E-state index contributed by atoms with van der Waals surface area (Å²) in [5, 5.41) is 3.06. The molecule has 3 nitrogen and oxygen atoms in total. The molecule has 0 aliphatic heterocycles. The van der Waals surface area contributed by atoms with Crippen molar-refractivity contribution in [2.75, 3.05) is 37.5 Å². The van der Waals surface area contributed by atoms with E-state index in [1.807, 2.05) is 30.7 Å². The number of carbonyl (C=O) groups is 1. The van der Waals surface area contributed by atoms with Crippen LogP contribution in [0.15, 0.2) is 28.0 Å². The first-order chi connectivity index (χ1) is 9.15. The summed E-state index contributed by atoms with van der Waals surface area (Å²) in [7, 11) is 0.